The van der Waals surface area contributed by atoms with E-state index in [0.717, 1.165) is 30.1 Å². The number of hydrogen-bond donors (Lipinski definition) is 1. The molecule has 0 aliphatic carbocycles. The minimum Gasteiger partial charge on any atom is -0.318 e. The van der Waals surface area contributed by atoms with Crippen LogP contribution in [0, 0.1) is 0 Å². The molecule has 0 atom stereocenters. The van der Waals surface area contributed by atoms with Gasteiger partial charge in [-0.25, -0.2) is 18.7 Å². The molecule has 1 aliphatic rings. The van der Waals surface area contributed by atoms with Gasteiger partial charge in [-0.15, -0.1) is 11.3 Å². The first-order valence-electron chi connectivity index (χ1n) is 8.01. The van der Waals surface area contributed by atoms with Gasteiger partial charge in [0.15, 0.2) is 5.01 Å². The topological polar surface area (TPSA) is 75.9 Å². The third kappa shape index (κ3) is 2.95. The fourth-order valence-electron chi connectivity index (χ4n) is 2.95. The van der Waals surface area contributed by atoms with E-state index in [1.165, 1.54) is 28.3 Å². The Morgan fingerprint density at radius 3 is 2.92 bits per heavy atom. The molecule has 0 spiro atoms. The van der Waals surface area contributed by atoms with E-state index in [0.29, 0.717) is 11.0 Å². The zero-order chi connectivity index (χ0) is 18.4. The molecule has 4 heterocycles. The van der Waals surface area contributed by atoms with E-state index in [-0.39, 0.29) is 10.7 Å². The Labute approximate surface area is 151 Å². The largest absolute Gasteiger partial charge is 0.318 e. The van der Waals surface area contributed by atoms with Gasteiger partial charge in [0.1, 0.15) is 11.2 Å². The third-order valence-corrected chi connectivity index (χ3v) is 5.41. The zero-order valence-corrected chi connectivity index (χ0v) is 15.0. The van der Waals surface area contributed by atoms with Gasteiger partial charge in [-0.2, -0.15) is 5.10 Å². The fraction of sp³-hybridized carbons (Fsp3) is 0.375. The van der Waals surface area contributed by atoms with Crippen LogP contribution in [0.25, 0.3) is 11.0 Å². The van der Waals surface area contributed by atoms with E-state index < -0.39 is 18.0 Å². The van der Waals surface area contributed by atoms with Gasteiger partial charge in [-0.05, 0) is 13.1 Å². The maximum Gasteiger partial charge on any atom is 0.284 e. The molecule has 136 valence electrons. The SMILES string of the molecule is CN1CCc2nc(C(=O)Nc3cc4c(cnn4C)nc3C(F)F)sc2C1. The summed E-state index contributed by atoms with van der Waals surface area (Å²) in [5, 5.41) is 6.83. The summed E-state index contributed by atoms with van der Waals surface area (Å²) >= 11 is 1.30. The van der Waals surface area contributed by atoms with Crippen LogP contribution >= 0.6 is 11.3 Å². The van der Waals surface area contributed by atoms with E-state index in [4.69, 9.17) is 0 Å². The lowest BCUT2D eigenvalue weighted by Crippen LogP contribution is -2.25. The number of carbonyl (C=O) groups excluding carboxylic acids is 1. The Morgan fingerprint density at radius 1 is 1.35 bits per heavy atom. The number of halogens is 2. The highest BCUT2D eigenvalue weighted by Crippen LogP contribution is 2.30. The van der Waals surface area contributed by atoms with Gasteiger partial charge in [0.2, 0.25) is 0 Å². The van der Waals surface area contributed by atoms with E-state index in [2.05, 4.69) is 25.3 Å². The minimum atomic E-state index is -2.81. The maximum absolute atomic E-state index is 13.4. The van der Waals surface area contributed by atoms with Crippen LogP contribution in [-0.2, 0) is 20.0 Å². The van der Waals surface area contributed by atoms with Gasteiger partial charge >= 0.3 is 0 Å². The van der Waals surface area contributed by atoms with Crippen LogP contribution in [0.5, 0.6) is 0 Å². The van der Waals surface area contributed by atoms with Gasteiger partial charge in [0, 0.05) is 31.4 Å². The van der Waals surface area contributed by atoms with Crippen molar-refractivity contribution in [1.29, 1.82) is 0 Å². The van der Waals surface area contributed by atoms with Crippen molar-refractivity contribution in [1.82, 2.24) is 24.6 Å². The molecule has 0 saturated carbocycles. The summed E-state index contributed by atoms with van der Waals surface area (Å²) in [5.41, 5.74) is 1.33. The van der Waals surface area contributed by atoms with Crippen LogP contribution in [0.3, 0.4) is 0 Å². The van der Waals surface area contributed by atoms with Crippen molar-refractivity contribution >= 4 is 34.0 Å². The Hall–Kier alpha value is -2.46. The number of anilines is 1. The quantitative estimate of drug-likeness (QED) is 0.758. The molecule has 26 heavy (non-hydrogen) atoms. The van der Waals surface area contributed by atoms with Crippen molar-refractivity contribution < 1.29 is 13.6 Å². The number of aryl methyl sites for hydroxylation is 1. The summed E-state index contributed by atoms with van der Waals surface area (Å²) in [4.78, 5) is 24.1. The molecule has 0 saturated heterocycles. The van der Waals surface area contributed by atoms with Crippen molar-refractivity contribution in [2.24, 2.45) is 7.05 Å². The minimum absolute atomic E-state index is 0.0219. The monoisotopic (exact) mass is 378 g/mol. The van der Waals surface area contributed by atoms with Crippen LogP contribution in [0.4, 0.5) is 14.5 Å². The molecular formula is C16H16F2N6OS. The molecule has 0 aromatic carbocycles. The average Bonchev–Trinajstić information content (AvgIpc) is 3.17. The lowest BCUT2D eigenvalue weighted by molar-refractivity contribution is 0.102. The number of nitrogens with one attached hydrogen (secondary N) is 1. The number of carbonyl (C=O) groups is 1. The number of thiazole rings is 1. The normalized spacial score (nSPS) is 14.8. The van der Waals surface area contributed by atoms with Crippen LogP contribution in [0.1, 0.15) is 32.5 Å². The number of nitrogens with zero attached hydrogens (tertiary/aromatic N) is 5. The molecular weight excluding hydrogens is 362 g/mol. The lowest BCUT2D eigenvalue weighted by Gasteiger charge is -2.20. The summed E-state index contributed by atoms with van der Waals surface area (Å²) in [7, 11) is 3.69. The van der Waals surface area contributed by atoms with Gasteiger partial charge in [-0.1, -0.05) is 0 Å². The van der Waals surface area contributed by atoms with Crippen LogP contribution in [0.15, 0.2) is 12.3 Å². The predicted molar refractivity (Wildman–Crippen MR) is 93.6 cm³/mol. The highest BCUT2D eigenvalue weighted by atomic mass is 32.1. The fourth-order valence-corrected chi connectivity index (χ4v) is 4.04. The first-order chi connectivity index (χ1) is 12.4. The zero-order valence-electron chi connectivity index (χ0n) is 14.2. The van der Waals surface area contributed by atoms with E-state index >= 15 is 0 Å². The highest BCUT2D eigenvalue weighted by Gasteiger charge is 2.24. The number of likely N-dealkylation sites (N-methyl/N-ethyl adjacent to an activating group) is 1. The Morgan fingerprint density at radius 2 is 2.15 bits per heavy atom. The molecule has 7 nitrogen and oxygen atoms in total. The number of alkyl halides is 2. The molecule has 1 amide bonds. The number of rotatable bonds is 3. The number of pyridine rings is 1. The molecule has 0 radical (unpaired) electrons. The van der Waals surface area contributed by atoms with Crippen molar-refractivity contribution in [2.45, 2.75) is 19.4 Å². The molecule has 3 aromatic rings. The number of hydrogen-bond acceptors (Lipinski definition) is 6. The standard InChI is InChI=1S/C16H16F2N6OS/c1-23-4-3-8-12(7-23)26-16(22-8)15(25)21-9-5-11-10(6-19-24(11)2)20-13(9)14(17)18/h5-6,14H,3-4,7H2,1-2H3,(H,21,25). The number of fused-ring (bicyclic) bond motifs is 2. The Bertz CT molecular complexity index is 998. The van der Waals surface area contributed by atoms with Crippen molar-refractivity contribution in [3.8, 4) is 0 Å². The number of amides is 1. The molecule has 1 N–H and O–H groups in total. The van der Waals surface area contributed by atoms with Crippen LogP contribution in [-0.4, -0.2) is 44.1 Å². The molecule has 0 unspecified atom stereocenters. The molecule has 1 aliphatic heterocycles. The van der Waals surface area contributed by atoms with Gasteiger partial charge in [-0.3, -0.25) is 9.48 Å². The van der Waals surface area contributed by atoms with Crippen molar-refractivity contribution in [3.05, 3.63) is 33.5 Å². The smallest absolute Gasteiger partial charge is 0.284 e. The Balaban J connectivity index is 1.67. The summed E-state index contributed by atoms with van der Waals surface area (Å²) < 4.78 is 28.3. The summed E-state index contributed by atoms with van der Waals surface area (Å²) in [6.45, 7) is 1.62. The molecule has 10 heteroatoms. The lowest BCUT2D eigenvalue weighted by atomic mass is 10.2. The Kier molecular flexibility index (Phi) is 4.16. The van der Waals surface area contributed by atoms with Gasteiger partial charge in [0.05, 0.1) is 23.1 Å². The highest BCUT2D eigenvalue weighted by molar-refractivity contribution is 7.13. The van der Waals surface area contributed by atoms with Crippen molar-refractivity contribution in [2.75, 3.05) is 18.9 Å². The second-order valence-corrected chi connectivity index (χ2v) is 7.31. The summed E-state index contributed by atoms with van der Waals surface area (Å²) in [6.07, 6.45) is -0.619. The van der Waals surface area contributed by atoms with E-state index in [9.17, 15) is 13.6 Å². The number of aromatic nitrogens is 4. The molecule has 0 bridgehead atoms. The molecule has 4 rings (SSSR count). The third-order valence-electron chi connectivity index (χ3n) is 4.33. The molecule has 0 fully saturated rings. The average molecular weight is 378 g/mol. The molecule has 3 aromatic heterocycles. The van der Waals surface area contributed by atoms with Crippen LogP contribution < -0.4 is 5.32 Å². The van der Waals surface area contributed by atoms with E-state index in [1.54, 1.807) is 7.05 Å². The maximum atomic E-state index is 13.4. The summed E-state index contributed by atoms with van der Waals surface area (Å²) in [6, 6.07) is 1.47. The van der Waals surface area contributed by atoms with Crippen LogP contribution in [0.2, 0.25) is 0 Å². The second kappa shape index (κ2) is 6.36. The predicted octanol–water partition coefficient (Wildman–Crippen LogP) is 2.60. The van der Waals surface area contributed by atoms with Gasteiger partial charge in [0.25, 0.3) is 12.3 Å². The first-order valence-corrected chi connectivity index (χ1v) is 8.83. The van der Waals surface area contributed by atoms with Gasteiger partial charge < -0.3 is 10.2 Å². The second-order valence-electron chi connectivity index (χ2n) is 6.23. The summed E-state index contributed by atoms with van der Waals surface area (Å²) in [5.74, 6) is -0.503. The first kappa shape index (κ1) is 17.0. The van der Waals surface area contributed by atoms with E-state index in [1.807, 2.05) is 7.05 Å². The van der Waals surface area contributed by atoms with Crippen molar-refractivity contribution in [3.63, 3.8) is 0 Å².